The summed E-state index contributed by atoms with van der Waals surface area (Å²) in [7, 11) is 0. The molecule has 1 N–H and O–H groups in total. The van der Waals surface area contributed by atoms with Crippen LogP contribution < -0.4 is 10.1 Å². The molecule has 0 fully saturated rings. The van der Waals surface area contributed by atoms with Crippen molar-refractivity contribution in [2.75, 3.05) is 13.2 Å². The Morgan fingerprint density at radius 3 is 2.52 bits per heavy atom. The highest BCUT2D eigenvalue weighted by atomic mass is 79.9. The summed E-state index contributed by atoms with van der Waals surface area (Å²) in [5, 5.41) is 3.49. The molecule has 5 nitrogen and oxygen atoms in total. The van der Waals surface area contributed by atoms with Crippen LogP contribution >= 0.6 is 27.5 Å². The van der Waals surface area contributed by atoms with Crippen molar-refractivity contribution in [3.05, 3.63) is 63.1 Å². The van der Waals surface area contributed by atoms with Crippen LogP contribution in [0.15, 0.2) is 46.9 Å². The number of nitrogens with one attached hydrogen (secondary N) is 1. The monoisotopic (exact) mass is 480 g/mol. The Kier molecular flexibility index (Phi) is 8.99. The quantitative estimate of drug-likeness (QED) is 0.563. The lowest BCUT2D eigenvalue weighted by Crippen LogP contribution is -2.49. The molecule has 0 aliphatic rings. The van der Waals surface area contributed by atoms with Crippen molar-refractivity contribution in [1.29, 1.82) is 0 Å². The molecule has 156 valence electrons. The molecule has 2 aromatic rings. The molecular weight excluding hydrogens is 456 g/mol. The van der Waals surface area contributed by atoms with Crippen molar-refractivity contribution in [1.82, 2.24) is 10.2 Å². The summed E-state index contributed by atoms with van der Waals surface area (Å²) >= 11 is 9.44. The predicted molar refractivity (Wildman–Crippen MR) is 119 cm³/mol. The van der Waals surface area contributed by atoms with E-state index in [0.717, 1.165) is 22.0 Å². The summed E-state index contributed by atoms with van der Waals surface area (Å²) in [6.07, 6.45) is 0.831. The first kappa shape index (κ1) is 23.2. The Bertz CT molecular complexity index is 842. The van der Waals surface area contributed by atoms with E-state index in [9.17, 15) is 9.59 Å². The summed E-state index contributed by atoms with van der Waals surface area (Å²) in [5.41, 5.74) is 1.80. The van der Waals surface area contributed by atoms with Crippen molar-refractivity contribution in [2.45, 2.75) is 39.8 Å². The van der Waals surface area contributed by atoms with E-state index in [4.69, 9.17) is 16.3 Å². The Balaban J connectivity index is 2.13. The summed E-state index contributed by atoms with van der Waals surface area (Å²) in [5.74, 6) is 0.117. The molecule has 0 spiro atoms. The van der Waals surface area contributed by atoms with Crippen LogP contribution in [0.5, 0.6) is 5.75 Å². The zero-order valence-electron chi connectivity index (χ0n) is 16.9. The highest BCUT2D eigenvalue weighted by molar-refractivity contribution is 9.10. The molecule has 0 saturated carbocycles. The predicted octanol–water partition coefficient (Wildman–Crippen LogP) is 4.73. The third-order valence-electron chi connectivity index (χ3n) is 4.47. The van der Waals surface area contributed by atoms with E-state index in [0.29, 0.717) is 23.9 Å². The Morgan fingerprint density at radius 2 is 1.90 bits per heavy atom. The number of amides is 2. The van der Waals surface area contributed by atoms with Gasteiger partial charge in [0.15, 0.2) is 6.61 Å². The largest absolute Gasteiger partial charge is 0.484 e. The Labute approximate surface area is 185 Å². The zero-order valence-corrected chi connectivity index (χ0v) is 19.2. The van der Waals surface area contributed by atoms with Gasteiger partial charge in [-0.2, -0.15) is 0 Å². The Hall–Kier alpha value is -2.05. The maximum absolute atomic E-state index is 12.9. The molecular formula is C22H26BrClN2O3. The van der Waals surface area contributed by atoms with E-state index >= 15 is 0 Å². The normalized spacial score (nSPS) is 11.6. The van der Waals surface area contributed by atoms with Gasteiger partial charge in [-0.25, -0.2) is 0 Å². The number of nitrogens with zero attached hydrogens (tertiary/aromatic N) is 1. The molecule has 0 saturated heterocycles. The second-order valence-corrected chi connectivity index (χ2v) is 8.14. The van der Waals surface area contributed by atoms with E-state index in [-0.39, 0.29) is 18.4 Å². The topological polar surface area (TPSA) is 58.6 Å². The van der Waals surface area contributed by atoms with Crippen LogP contribution in [0.3, 0.4) is 0 Å². The van der Waals surface area contributed by atoms with Crippen LogP contribution in [0.25, 0.3) is 0 Å². The molecule has 0 aliphatic heterocycles. The van der Waals surface area contributed by atoms with E-state index in [1.165, 1.54) is 4.90 Å². The fourth-order valence-electron chi connectivity index (χ4n) is 2.70. The lowest BCUT2D eigenvalue weighted by atomic mass is 10.1. The minimum atomic E-state index is -0.617. The van der Waals surface area contributed by atoms with Gasteiger partial charge in [0.2, 0.25) is 5.91 Å². The van der Waals surface area contributed by atoms with Gasteiger partial charge in [-0.15, -0.1) is 0 Å². The number of rotatable bonds is 9. The maximum atomic E-state index is 12.9. The van der Waals surface area contributed by atoms with Crippen LogP contribution in [0.2, 0.25) is 5.02 Å². The van der Waals surface area contributed by atoms with Crippen molar-refractivity contribution in [3.8, 4) is 5.75 Å². The van der Waals surface area contributed by atoms with E-state index < -0.39 is 6.04 Å². The number of ether oxygens (including phenoxy) is 1. The van der Waals surface area contributed by atoms with Gasteiger partial charge in [-0.05, 0) is 61.7 Å². The molecule has 0 radical (unpaired) electrons. The van der Waals surface area contributed by atoms with E-state index in [1.807, 2.05) is 38.1 Å². The lowest BCUT2D eigenvalue weighted by Gasteiger charge is -2.28. The number of benzene rings is 2. The second kappa shape index (κ2) is 11.2. The number of carbonyl (C=O) groups excluding carboxylic acids is 2. The molecule has 2 rings (SSSR count). The van der Waals surface area contributed by atoms with Gasteiger partial charge in [-0.3, -0.25) is 9.59 Å². The van der Waals surface area contributed by atoms with Crippen LogP contribution in [0.1, 0.15) is 31.4 Å². The molecule has 0 heterocycles. The average molecular weight is 482 g/mol. The standard InChI is InChI=1S/C22H26BrClN2O3/c1-4-11-25-22(28)16(3)26(13-17-5-7-18(23)8-6-17)21(27)14-29-19-9-10-20(24)15(2)12-19/h5-10,12,16H,4,11,13-14H2,1-3H3,(H,25,28)/t16-/m1/s1. The Morgan fingerprint density at radius 1 is 1.21 bits per heavy atom. The summed E-state index contributed by atoms with van der Waals surface area (Å²) in [6, 6.07) is 12.3. The van der Waals surface area contributed by atoms with Gasteiger partial charge in [0.1, 0.15) is 11.8 Å². The third kappa shape index (κ3) is 7.05. The molecule has 2 aromatic carbocycles. The smallest absolute Gasteiger partial charge is 0.261 e. The molecule has 0 aliphatic carbocycles. The highest BCUT2D eigenvalue weighted by Crippen LogP contribution is 2.21. The fourth-order valence-corrected chi connectivity index (χ4v) is 3.08. The highest BCUT2D eigenvalue weighted by Gasteiger charge is 2.26. The van der Waals surface area contributed by atoms with Gasteiger partial charge in [0.05, 0.1) is 0 Å². The zero-order chi connectivity index (χ0) is 21.4. The lowest BCUT2D eigenvalue weighted by molar-refractivity contribution is -0.142. The van der Waals surface area contributed by atoms with Crippen LogP contribution in [-0.2, 0) is 16.1 Å². The average Bonchev–Trinajstić information content (AvgIpc) is 2.71. The van der Waals surface area contributed by atoms with Crippen LogP contribution in [0.4, 0.5) is 0 Å². The van der Waals surface area contributed by atoms with Crippen molar-refractivity contribution in [2.24, 2.45) is 0 Å². The first-order chi connectivity index (χ1) is 13.8. The minimum Gasteiger partial charge on any atom is -0.484 e. The molecule has 0 aromatic heterocycles. The molecule has 0 bridgehead atoms. The van der Waals surface area contributed by atoms with Gasteiger partial charge in [0.25, 0.3) is 5.91 Å². The van der Waals surface area contributed by atoms with Gasteiger partial charge >= 0.3 is 0 Å². The second-order valence-electron chi connectivity index (χ2n) is 6.81. The van der Waals surface area contributed by atoms with Gasteiger partial charge in [0, 0.05) is 22.6 Å². The number of hydrogen-bond donors (Lipinski definition) is 1. The van der Waals surface area contributed by atoms with Gasteiger partial charge < -0.3 is 15.0 Å². The minimum absolute atomic E-state index is 0.164. The fraction of sp³-hybridized carbons (Fsp3) is 0.364. The third-order valence-corrected chi connectivity index (χ3v) is 5.43. The van der Waals surface area contributed by atoms with Crippen molar-refractivity contribution >= 4 is 39.3 Å². The SMILES string of the molecule is CCCNC(=O)[C@@H](C)N(Cc1ccc(Br)cc1)C(=O)COc1ccc(Cl)c(C)c1. The first-order valence-corrected chi connectivity index (χ1v) is 10.7. The summed E-state index contributed by atoms with van der Waals surface area (Å²) < 4.78 is 6.62. The molecule has 2 amide bonds. The number of aryl methyl sites for hydroxylation is 1. The van der Waals surface area contributed by atoms with E-state index in [2.05, 4.69) is 21.2 Å². The maximum Gasteiger partial charge on any atom is 0.261 e. The van der Waals surface area contributed by atoms with Crippen LogP contribution in [0, 0.1) is 6.92 Å². The van der Waals surface area contributed by atoms with E-state index in [1.54, 1.807) is 25.1 Å². The number of hydrogen-bond acceptors (Lipinski definition) is 3. The molecule has 7 heteroatoms. The van der Waals surface area contributed by atoms with Crippen molar-refractivity contribution in [3.63, 3.8) is 0 Å². The summed E-state index contributed by atoms with van der Waals surface area (Å²) in [6.45, 7) is 6.31. The molecule has 0 unspecified atom stereocenters. The number of carbonyl (C=O) groups is 2. The molecule has 29 heavy (non-hydrogen) atoms. The first-order valence-electron chi connectivity index (χ1n) is 9.52. The number of halogens is 2. The summed E-state index contributed by atoms with van der Waals surface area (Å²) in [4.78, 5) is 27.0. The van der Waals surface area contributed by atoms with Crippen LogP contribution in [-0.4, -0.2) is 35.9 Å². The van der Waals surface area contributed by atoms with Crippen molar-refractivity contribution < 1.29 is 14.3 Å². The molecule has 1 atom stereocenters. The van der Waals surface area contributed by atoms with Gasteiger partial charge in [-0.1, -0.05) is 46.6 Å².